The molecule has 0 saturated carbocycles. The van der Waals surface area contributed by atoms with E-state index >= 15 is 0 Å². The van der Waals surface area contributed by atoms with E-state index in [0.29, 0.717) is 43.7 Å². The van der Waals surface area contributed by atoms with Crippen molar-refractivity contribution in [1.29, 1.82) is 0 Å². The van der Waals surface area contributed by atoms with Gasteiger partial charge < -0.3 is 14.7 Å². The number of piperidine rings is 1. The molecule has 0 unspecified atom stereocenters. The van der Waals surface area contributed by atoms with E-state index in [0.717, 1.165) is 38.2 Å². The number of nitrogens with zero attached hydrogens (tertiary/aromatic N) is 7. The lowest BCUT2D eigenvalue weighted by atomic mass is 9.90. The third-order valence-corrected chi connectivity index (χ3v) is 6.58. The van der Waals surface area contributed by atoms with Crippen LogP contribution in [0.15, 0.2) is 60.9 Å². The highest BCUT2D eigenvalue weighted by atomic mass is 16.2. The molecule has 0 aliphatic carbocycles. The molecule has 2 aromatic heterocycles. The van der Waals surface area contributed by atoms with Gasteiger partial charge in [-0.05, 0) is 48.9 Å². The fourth-order valence-corrected chi connectivity index (χ4v) is 4.65. The van der Waals surface area contributed by atoms with Crippen LogP contribution in [0.2, 0.25) is 0 Å². The summed E-state index contributed by atoms with van der Waals surface area (Å²) in [6.45, 7) is 4.61. The zero-order valence-corrected chi connectivity index (χ0v) is 18.8. The van der Waals surface area contributed by atoms with E-state index in [1.807, 2.05) is 17.0 Å². The maximum atomic E-state index is 12.9. The van der Waals surface area contributed by atoms with E-state index in [9.17, 15) is 4.79 Å². The summed E-state index contributed by atoms with van der Waals surface area (Å²) in [7, 11) is 0. The lowest BCUT2D eigenvalue weighted by Crippen LogP contribution is -2.49. The number of amides is 1. The fraction of sp³-hybridized carbons (Fsp3) is 0.400. The van der Waals surface area contributed by atoms with Gasteiger partial charge in [0.2, 0.25) is 5.95 Å². The standard InChI is InChI=1S/C25H29N7O/c33-24(31-15-17-32(18-16-31)25-26-11-4-12-27-25)22-7-8-23(29-28-22)30-13-9-21(10-14-30)19-20-5-2-1-3-6-20/h1-8,11-12,21H,9-10,13-19H2. The smallest absolute Gasteiger partial charge is 0.274 e. The van der Waals surface area contributed by atoms with Crippen molar-refractivity contribution in [2.45, 2.75) is 19.3 Å². The summed E-state index contributed by atoms with van der Waals surface area (Å²) in [4.78, 5) is 27.7. The van der Waals surface area contributed by atoms with Crippen LogP contribution in [0.5, 0.6) is 0 Å². The molecule has 0 spiro atoms. The number of hydrogen-bond acceptors (Lipinski definition) is 7. The van der Waals surface area contributed by atoms with Crippen LogP contribution in [0.4, 0.5) is 11.8 Å². The van der Waals surface area contributed by atoms with Gasteiger partial charge in [-0.1, -0.05) is 30.3 Å². The average molecular weight is 444 g/mol. The van der Waals surface area contributed by atoms with E-state index in [1.165, 1.54) is 5.56 Å². The highest BCUT2D eigenvalue weighted by Gasteiger charge is 2.25. The molecular formula is C25H29N7O. The second-order valence-corrected chi connectivity index (χ2v) is 8.72. The van der Waals surface area contributed by atoms with Crippen LogP contribution in [0.3, 0.4) is 0 Å². The molecule has 8 nitrogen and oxygen atoms in total. The Morgan fingerprint density at radius 3 is 2.18 bits per heavy atom. The topological polar surface area (TPSA) is 78.4 Å². The number of benzene rings is 1. The zero-order chi connectivity index (χ0) is 22.5. The molecule has 0 N–H and O–H groups in total. The first-order chi connectivity index (χ1) is 16.3. The number of aromatic nitrogens is 4. The van der Waals surface area contributed by atoms with Gasteiger partial charge in [0, 0.05) is 51.7 Å². The van der Waals surface area contributed by atoms with E-state index in [2.05, 4.69) is 60.3 Å². The molecular weight excluding hydrogens is 414 g/mol. The van der Waals surface area contributed by atoms with Gasteiger partial charge in [0.1, 0.15) is 0 Å². The van der Waals surface area contributed by atoms with Gasteiger partial charge in [0.05, 0.1) is 0 Å². The second kappa shape index (κ2) is 9.94. The number of carbonyl (C=O) groups excluding carboxylic acids is 1. The Hall–Kier alpha value is -3.55. The van der Waals surface area contributed by atoms with Crippen LogP contribution in [-0.2, 0) is 6.42 Å². The molecule has 5 rings (SSSR count). The van der Waals surface area contributed by atoms with Crippen LogP contribution in [0.1, 0.15) is 28.9 Å². The first-order valence-electron chi connectivity index (χ1n) is 11.7. The molecule has 0 radical (unpaired) electrons. The summed E-state index contributed by atoms with van der Waals surface area (Å²) in [6, 6.07) is 16.3. The normalized spacial score (nSPS) is 17.3. The summed E-state index contributed by atoms with van der Waals surface area (Å²) in [6.07, 6.45) is 6.91. The van der Waals surface area contributed by atoms with Gasteiger partial charge in [0.15, 0.2) is 11.5 Å². The largest absolute Gasteiger partial charge is 0.355 e. The number of anilines is 2. The van der Waals surface area contributed by atoms with Crippen LogP contribution in [0, 0.1) is 5.92 Å². The van der Waals surface area contributed by atoms with Gasteiger partial charge in [-0.15, -0.1) is 10.2 Å². The lowest BCUT2D eigenvalue weighted by molar-refractivity contribution is 0.0739. The average Bonchev–Trinajstić information content (AvgIpc) is 2.90. The number of hydrogen-bond donors (Lipinski definition) is 0. The van der Waals surface area contributed by atoms with Crippen molar-refractivity contribution in [2.75, 3.05) is 49.1 Å². The minimum atomic E-state index is -0.0655. The summed E-state index contributed by atoms with van der Waals surface area (Å²) in [5, 5.41) is 8.66. The minimum absolute atomic E-state index is 0.0655. The summed E-state index contributed by atoms with van der Waals surface area (Å²) < 4.78 is 0. The van der Waals surface area contributed by atoms with Crippen LogP contribution < -0.4 is 9.80 Å². The Bertz CT molecular complexity index is 1030. The van der Waals surface area contributed by atoms with E-state index in [4.69, 9.17) is 0 Å². The zero-order valence-electron chi connectivity index (χ0n) is 18.8. The molecule has 1 amide bonds. The molecule has 8 heteroatoms. The Kier molecular flexibility index (Phi) is 6.41. The predicted octanol–water partition coefficient (Wildman–Crippen LogP) is 2.69. The third kappa shape index (κ3) is 5.10. The van der Waals surface area contributed by atoms with Crippen molar-refractivity contribution >= 4 is 17.7 Å². The molecule has 2 saturated heterocycles. The van der Waals surface area contributed by atoms with E-state index < -0.39 is 0 Å². The molecule has 33 heavy (non-hydrogen) atoms. The highest BCUT2D eigenvalue weighted by Crippen LogP contribution is 2.24. The predicted molar refractivity (Wildman–Crippen MR) is 127 cm³/mol. The quantitative estimate of drug-likeness (QED) is 0.600. The molecule has 0 atom stereocenters. The molecule has 4 heterocycles. The van der Waals surface area contributed by atoms with Crippen LogP contribution in [0.25, 0.3) is 0 Å². The Morgan fingerprint density at radius 2 is 1.52 bits per heavy atom. The van der Waals surface area contributed by atoms with Crippen molar-refractivity contribution in [3.8, 4) is 0 Å². The maximum absolute atomic E-state index is 12.9. The van der Waals surface area contributed by atoms with Gasteiger partial charge in [-0.3, -0.25) is 4.79 Å². The Morgan fingerprint density at radius 1 is 0.788 bits per heavy atom. The number of rotatable bonds is 5. The van der Waals surface area contributed by atoms with Gasteiger partial charge >= 0.3 is 0 Å². The fourth-order valence-electron chi connectivity index (χ4n) is 4.65. The third-order valence-electron chi connectivity index (χ3n) is 6.58. The monoisotopic (exact) mass is 443 g/mol. The van der Waals surface area contributed by atoms with Crippen molar-refractivity contribution in [2.24, 2.45) is 5.92 Å². The molecule has 2 aliphatic rings. The van der Waals surface area contributed by atoms with E-state index in [1.54, 1.807) is 18.5 Å². The van der Waals surface area contributed by atoms with Crippen LogP contribution >= 0.6 is 0 Å². The highest BCUT2D eigenvalue weighted by molar-refractivity contribution is 5.92. The molecule has 1 aromatic carbocycles. The number of piperazine rings is 1. The minimum Gasteiger partial charge on any atom is -0.355 e. The molecule has 2 fully saturated rings. The van der Waals surface area contributed by atoms with Crippen LogP contribution in [-0.4, -0.2) is 70.2 Å². The second-order valence-electron chi connectivity index (χ2n) is 8.72. The Labute approximate surface area is 194 Å². The number of carbonyl (C=O) groups is 1. The Balaban J connectivity index is 1.12. The molecule has 170 valence electrons. The molecule has 3 aromatic rings. The molecule has 0 bridgehead atoms. The lowest BCUT2D eigenvalue weighted by Gasteiger charge is -2.34. The summed E-state index contributed by atoms with van der Waals surface area (Å²) in [5.41, 5.74) is 1.82. The van der Waals surface area contributed by atoms with E-state index in [-0.39, 0.29) is 5.91 Å². The van der Waals surface area contributed by atoms with Crippen molar-refractivity contribution < 1.29 is 4.79 Å². The van der Waals surface area contributed by atoms with Gasteiger partial charge in [-0.25, -0.2) is 9.97 Å². The van der Waals surface area contributed by atoms with Gasteiger partial charge in [-0.2, -0.15) is 0 Å². The summed E-state index contributed by atoms with van der Waals surface area (Å²) in [5.74, 6) is 2.21. The SMILES string of the molecule is O=C(c1ccc(N2CCC(Cc3ccccc3)CC2)nn1)N1CCN(c2ncccn2)CC1. The first-order valence-corrected chi connectivity index (χ1v) is 11.7. The van der Waals surface area contributed by atoms with Crippen molar-refractivity contribution in [3.63, 3.8) is 0 Å². The summed E-state index contributed by atoms with van der Waals surface area (Å²) >= 11 is 0. The van der Waals surface area contributed by atoms with Crippen molar-refractivity contribution in [3.05, 3.63) is 72.2 Å². The van der Waals surface area contributed by atoms with Crippen molar-refractivity contribution in [1.82, 2.24) is 25.1 Å². The van der Waals surface area contributed by atoms with Gasteiger partial charge in [0.25, 0.3) is 5.91 Å². The first kappa shape index (κ1) is 21.3. The molecule has 2 aliphatic heterocycles. The maximum Gasteiger partial charge on any atom is 0.274 e.